The number of likely N-dealkylation sites (N-methyl/N-ethyl adjacent to an activating group) is 1. The van der Waals surface area contributed by atoms with Gasteiger partial charge in [0.2, 0.25) is 0 Å². The molecule has 0 aromatic heterocycles. The molecule has 1 fully saturated rings. The maximum absolute atomic E-state index is 13.1. The minimum absolute atomic E-state index is 0.0917. The van der Waals surface area contributed by atoms with Crippen LogP contribution in [0.5, 0.6) is 5.75 Å². The van der Waals surface area contributed by atoms with E-state index in [1.807, 2.05) is 73.6 Å². The molecule has 35 heavy (non-hydrogen) atoms. The number of hydrogen-bond donors (Lipinski definition) is 1. The van der Waals surface area contributed by atoms with Crippen molar-refractivity contribution in [1.29, 1.82) is 0 Å². The molecule has 1 amide bonds. The number of halogens is 1. The lowest BCUT2D eigenvalue weighted by atomic mass is 9.95. The van der Waals surface area contributed by atoms with E-state index in [1.54, 1.807) is 24.3 Å². The van der Waals surface area contributed by atoms with Gasteiger partial charge in [-0.15, -0.1) is 0 Å². The van der Waals surface area contributed by atoms with E-state index in [9.17, 15) is 14.7 Å². The molecule has 4 rings (SSSR count). The zero-order valence-electron chi connectivity index (χ0n) is 19.6. The lowest BCUT2D eigenvalue weighted by Gasteiger charge is -2.26. The van der Waals surface area contributed by atoms with E-state index in [1.165, 1.54) is 4.90 Å². The molecule has 1 aliphatic heterocycles. The van der Waals surface area contributed by atoms with Crippen molar-refractivity contribution in [3.05, 3.63) is 106 Å². The van der Waals surface area contributed by atoms with Gasteiger partial charge in [-0.2, -0.15) is 0 Å². The molecule has 1 aliphatic rings. The second-order valence-electron chi connectivity index (χ2n) is 8.65. The number of aliphatic hydroxyl groups is 1. The SMILES string of the molecule is CN(C)CCN1C(=O)C(=O)/C(=C(\O)c2ccc(Br)cc2)C1c1ccc(OCc2ccccc2)cc1. The van der Waals surface area contributed by atoms with Crippen LogP contribution in [0.2, 0.25) is 0 Å². The van der Waals surface area contributed by atoms with Crippen LogP contribution in [0.15, 0.2) is 88.9 Å². The molecule has 1 N–H and O–H groups in total. The zero-order chi connectivity index (χ0) is 24.9. The average molecular weight is 535 g/mol. The quantitative estimate of drug-likeness (QED) is 0.250. The van der Waals surface area contributed by atoms with Crippen LogP contribution in [0.1, 0.15) is 22.7 Å². The summed E-state index contributed by atoms with van der Waals surface area (Å²) >= 11 is 3.38. The van der Waals surface area contributed by atoms with Crippen LogP contribution in [0.3, 0.4) is 0 Å². The first-order chi connectivity index (χ1) is 16.8. The first kappa shape index (κ1) is 24.7. The molecule has 0 bridgehead atoms. The van der Waals surface area contributed by atoms with Crippen LogP contribution >= 0.6 is 15.9 Å². The number of hydrogen-bond acceptors (Lipinski definition) is 5. The van der Waals surface area contributed by atoms with Gasteiger partial charge in [-0.3, -0.25) is 9.59 Å². The van der Waals surface area contributed by atoms with E-state index >= 15 is 0 Å². The molecular weight excluding hydrogens is 508 g/mol. The normalized spacial score (nSPS) is 17.3. The van der Waals surface area contributed by atoms with E-state index in [4.69, 9.17) is 4.74 Å². The molecule has 0 radical (unpaired) electrons. The monoisotopic (exact) mass is 534 g/mol. The molecule has 1 unspecified atom stereocenters. The van der Waals surface area contributed by atoms with Crippen molar-refractivity contribution in [2.24, 2.45) is 0 Å². The number of ketones is 1. The first-order valence-electron chi connectivity index (χ1n) is 11.3. The minimum Gasteiger partial charge on any atom is -0.507 e. The maximum Gasteiger partial charge on any atom is 0.295 e. The molecule has 1 saturated heterocycles. The summed E-state index contributed by atoms with van der Waals surface area (Å²) in [5.74, 6) is -0.799. The summed E-state index contributed by atoms with van der Waals surface area (Å²) in [6.45, 7) is 1.37. The largest absolute Gasteiger partial charge is 0.507 e. The second kappa shape index (κ2) is 10.9. The van der Waals surface area contributed by atoms with Gasteiger partial charge in [0.1, 0.15) is 18.1 Å². The highest BCUT2D eigenvalue weighted by molar-refractivity contribution is 9.10. The molecule has 1 heterocycles. The van der Waals surface area contributed by atoms with Gasteiger partial charge in [0.05, 0.1) is 11.6 Å². The zero-order valence-corrected chi connectivity index (χ0v) is 21.2. The third kappa shape index (κ3) is 5.63. The fraction of sp³-hybridized carbons (Fsp3) is 0.214. The van der Waals surface area contributed by atoms with Crippen molar-refractivity contribution in [2.45, 2.75) is 12.6 Å². The van der Waals surface area contributed by atoms with Gasteiger partial charge >= 0.3 is 0 Å². The van der Waals surface area contributed by atoms with Crippen LogP contribution < -0.4 is 4.74 Å². The lowest BCUT2D eigenvalue weighted by Crippen LogP contribution is -2.35. The fourth-order valence-corrected chi connectivity index (χ4v) is 4.28. The molecule has 1 atom stereocenters. The van der Waals surface area contributed by atoms with Gasteiger partial charge in [0, 0.05) is 23.1 Å². The summed E-state index contributed by atoms with van der Waals surface area (Å²) in [6, 6.07) is 23.5. The summed E-state index contributed by atoms with van der Waals surface area (Å²) in [4.78, 5) is 29.6. The van der Waals surface area contributed by atoms with Crippen LogP contribution in [-0.2, 0) is 16.2 Å². The summed E-state index contributed by atoms with van der Waals surface area (Å²) < 4.78 is 6.74. The highest BCUT2D eigenvalue weighted by Gasteiger charge is 2.45. The van der Waals surface area contributed by atoms with Crippen molar-refractivity contribution in [3.63, 3.8) is 0 Å². The number of Topliss-reactive ketones (excluding diaryl/α,β-unsaturated/α-hetero) is 1. The van der Waals surface area contributed by atoms with E-state index in [0.717, 1.165) is 15.6 Å². The van der Waals surface area contributed by atoms with Gasteiger partial charge in [-0.25, -0.2) is 0 Å². The van der Waals surface area contributed by atoms with Crippen LogP contribution in [0, 0.1) is 0 Å². The number of nitrogens with zero attached hydrogens (tertiary/aromatic N) is 2. The Labute approximate surface area is 213 Å². The number of aliphatic hydroxyl groups excluding tert-OH is 1. The van der Waals surface area contributed by atoms with Crippen molar-refractivity contribution >= 4 is 33.4 Å². The number of rotatable bonds is 8. The number of benzene rings is 3. The first-order valence-corrected chi connectivity index (χ1v) is 12.1. The highest BCUT2D eigenvalue weighted by Crippen LogP contribution is 2.39. The van der Waals surface area contributed by atoms with E-state index < -0.39 is 17.7 Å². The van der Waals surface area contributed by atoms with E-state index in [2.05, 4.69) is 15.9 Å². The summed E-state index contributed by atoms with van der Waals surface area (Å²) in [5.41, 5.74) is 2.36. The molecule has 3 aromatic rings. The molecule has 6 nitrogen and oxygen atoms in total. The predicted molar refractivity (Wildman–Crippen MR) is 139 cm³/mol. The third-order valence-electron chi connectivity index (χ3n) is 5.89. The molecule has 0 spiro atoms. The van der Waals surface area contributed by atoms with Crippen molar-refractivity contribution < 1.29 is 19.4 Å². The number of carbonyl (C=O) groups excluding carboxylic acids is 2. The van der Waals surface area contributed by atoms with Gasteiger partial charge in [0.25, 0.3) is 11.7 Å². The number of ether oxygens (including phenoxy) is 1. The van der Waals surface area contributed by atoms with Crippen LogP contribution in [0.4, 0.5) is 0 Å². The highest BCUT2D eigenvalue weighted by atomic mass is 79.9. The number of amides is 1. The Morgan fingerprint density at radius 3 is 2.26 bits per heavy atom. The second-order valence-corrected chi connectivity index (χ2v) is 9.56. The fourth-order valence-electron chi connectivity index (χ4n) is 4.02. The van der Waals surface area contributed by atoms with E-state index in [0.29, 0.717) is 31.0 Å². The van der Waals surface area contributed by atoms with Crippen molar-refractivity contribution in [3.8, 4) is 5.75 Å². The predicted octanol–water partition coefficient (Wildman–Crippen LogP) is 5.01. The van der Waals surface area contributed by atoms with Gasteiger partial charge in [-0.1, -0.05) is 70.5 Å². The maximum atomic E-state index is 13.1. The van der Waals surface area contributed by atoms with Crippen LogP contribution in [-0.4, -0.2) is 53.8 Å². The lowest BCUT2D eigenvalue weighted by molar-refractivity contribution is -0.140. The van der Waals surface area contributed by atoms with Crippen molar-refractivity contribution in [1.82, 2.24) is 9.80 Å². The Hall–Kier alpha value is -3.42. The van der Waals surface area contributed by atoms with Gasteiger partial charge < -0.3 is 19.6 Å². The molecule has 0 aliphatic carbocycles. The van der Waals surface area contributed by atoms with E-state index in [-0.39, 0.29) is 11.3 Å². The standard InChI is InChI=1S/C28H27BrN2O4/c1-30(2)16-17-31-25(20-10-14-23(15-11-20)35-18-19-6-4-3-5-7-19)24(27(33)28(31)34)26(32)21-8-12-22(29)13-9-21/h3-15,25,32H,16-18H2,1-2H3/b26-24-. The summed E-state index contributed by atoms with van der Waals surface area (Å²) in [7, 11) is 3.82. The van der Waals surface area contributed by atoms with Crippen molar-refractivity contribution in [2.75, 3.05) is 27.2 Å². The molecule has 180 valence electrons. The van der Waals surface area contributed by atoms with Gasteiger partial charge in [-0.05, 0) is 49.5 Å². The summed E-state index contributed by atoms with van der Waals surface area (Å²) in [6.07, 6.45) is 0. The molecular formula is C28H27BrN2O4. The Morgan fingerprint density at radius 2 is 1.63 bits per heavy atom. The average Bonchev–Trinajstić information content (AvgIpc) is 3.12. The molecule has 3 aromatic carbocycles. The minimum atomic E-state index is -0.693. The topological polar surface area (TPSA) is 70.1 Å². The van der Waals surface area contributed by atoms with Gasteiger partial charge in [0.15, 0.2) is 0 Å². The Balaban J connectivity index is 1.67. The molecule has 7 heteroatoms. The number of carbonyl (C=O) groups is 2. The molecule has 0 saturated carbocycles. The Bertz CT molecular complexity index is 1220. The number of likely N-dealkylation sites (tertiary alicyclic amines) is 1. The van der Waals surface area contributed by atoms with Crippen LogP contribution in [0.25, 0.3) is 5.76 Å². The smallest absolute Gasteiger partial charge is 0.295 e. The summed E-state index contributed by atoms with van der Waals surface area (Å²) in [5, 5.41) is 11.1. The Kier molecular flexibility index (Phi) is 7.68. The Morgan fingerprint density at radius 1 is 0.971 bits per heavy atom. The third-order valence-corrected chi connectivity index (χ3v) is 6.42.